The Morgan fingerprint density at radius 3 is 2.54 bits per heavy atom. The highest BCUT2D eigenvalue weighted by molar-refractivity contribution is 6.30. The van der Waals surface area contributed by atoms with Gasteiger partial charge < -0.3 is 10.3 Å². The zero-order chi connectivity index (χ0) is 16.4. The molecule has 2 aromatic heterocycles. The summed E-state index contributed by atoms with van der Waals surface area (Å²) in [6.45, 7) is 7.22. The van der Waals surface area contributed by atoms with E-state index >= 15 is 0 Å². The van der Waals surface area contributed by atoms with Gasteiger partial charge in [-0.25, -0.2) is 4.98 Å². The van der Waals surface area contributed by atoms with E-state index in [1.54, 1.807) is 0 Å². The Bertz CT molecular complexity index is 823. The number of aromatic nitrogens is 2. The van der Waals surface area contributed by atoms with Crippen LogP contribution in [-0.4, -0.2) is 9.97 Å². The standard InChI is InChI=1S/C19H22ClN3.ClH/c1-4-5-15-11-22-19(18-17(15)12(2)13(3)23-18)21-10-14-6-8-16(20)9-7-14;/h6-9,11,23H,4-5,10H2,1-3H3,(H,21,22);1H. The maximum atomic E-state index is 5.94. The molecule has 0 amide bonds. The Hall–Kier alpha value is -1.71. The zero-order valence-corrected chi connectivity index (χ0v) is 15.8. The van der Waals surface area contributed by atoms with Gasteiger partial charge in [0, 0.05) is 28.8 Å². The molecular weight excluding hydrogens is 341 g/mol. The van der Waals surface area contributed by atoms with Crippen molar-refractivity contribution in [3.8, 4) is 0 Å². The summed E-state index contributed by atoms with van der Waals surface area (Å²) in [6, 6.07) is 7.89. The third-order valence-electron chi connectivity index (χ3n) is 4.30. The minimum absolute atomic E-state index is 0. The number of rotatable bonds is 5. The lowest BCUT2D eigenvalue weighted by Crippen LogP contribution is -2.03. The van der Waals surface area contributed by atoms with Crippen molar-refractivity contribution >= 4 is 40.7 Å². The largest absolute Gasteiger partial charge is 0.364 e. The first-order valence-corrected chi connectivity index (χ1v) is 8.43. The second-order valence-corrected chi connectivity index (χ2v) is 6.42. The van der Waals surface area contributed by atoms with Crippen molar-refractivity contribution in [2.24, 2.45) is 0 Å². The van der Waals surface area contributed by atoms with E-state index < -0.39 is 0 Å². The van der Waals surface area contributed by atoms with E-state index in [0.717, 1.165) is 35.7 Å². The van der Waals surface area contributed by atoms with Crippen LogP contribution in [0, 0.1) is 13.8 Å². The first-order valence-electron chi connectivity index (χ1n) is 8.05. The third kappa shape index (κ3) is 3.68. The van der Waals surface area contributed by atoms with Gasteiger partial charge in [-0.2, -0.15) is 0 Å². The number of H-pyrrole nitrogens is 1. The van der Waals surface area contributed by atoms with Gasteiger partial charge in [0.05, 0.1) is 5.52 Å². The molecule has 2 heterocycles. The van der Waals surface area contributed by atoms with Crippen molar-refractivity contribution in [3.63, 3.8) is 0 Å². The second-order valence-electron chi connectivity index (χ2n) is 5.99. The number of aromatic amines is 1. The molecular formula is C19H23Cl2N3. The van der Waals surface area contributed by atoms with Crippen molar-refractivity contribution < 1.29 is 0 Å². The van der Waals surface area contributed by atoms with E-state index in [4.69, 9.17) is 11.6 Å². The summed E-state index contributed by atoms with van der Waals surface area (Å²) in [5.41, 5.74) is 6.14. The van der Waals surface area contributed by atoms with Gasteiger partial charge in [0.2, 0.25) is 0 Å². The molecule has 0 aliphatic carbocycles. The molecule has 24 heavy (non-hydrogen) atoms. The van der Waals surface area contributed by atoms with E-state index in [1.807, 2.05) is 30.5 Å². The van der Waals surface area contributed by atoms with Crippen LogP contribution in [0.15, 0.2) is 30.5 Å². The van der Waals surface area contributed by atoms with E-state index in [0.29, 0.717) is 0 Å². The van der Waals surface area contributed by atoms with Crippen LogP contribution in [-0.2, 0) is 13.0 Å². The molecule has 0 unspecified atom stereocenters. The minimum Gasteiger partial charge on any atom is -0.364 e. The first kappa shape index (κ1) is 18.6. The van der Waals surface area contributed by atoms with Crippen molar-refractivity contribution in [1.82, 2.24) is 9.97 Å². The Morgan fingerprint density at radius 1 is 1.17 bits per heavy atom. The van der Waals surface area contributed by atoms with Crippen molar-refractivity contribution in [3.05, 3.63) is 57.9 Å². The van der Waals surface area contributed by atoms with Gasteiger partial charge in [0.1, 0.15) is 0 Å². The molecule has 0 aliphatic heterocycles. The Balaban J connectivity index is 0.00000208. The molecule has 2 N–H and O–H groups in total. The predicted molar refractivity (Wildman–Crippen MR) is 106 cm³/mol. The molecule has 128 valence electrons. The van der Waals surface area contributed by atoms with Crippen LogP contribution >= 0.6 is 24.0 Å². The molecule has 0 saturated carbocycles. The van der Waals surface area contributed by atoms with Gasteiger partial charge >= 0.3 is 0 Å². The molecule has 0 atom stereocenters. The van der Waals surface area contributed by atoms with Gasteiger partial charge in [-0.15, -0.1) is 12.4 Å². The van der Waals surface area contributed by atoms with Gasteiger partial charge in [0.15, 0.2) is 5.82 Å². The summed E-state index contributed by atoms with van der Waals surface area (Å²) >= 11 is 5.94. The van der Waals surface area contributed by atoms with Crippen LogP contribution in [0.2, 0.25) is 5.02 Å². The summed E-state index contributed by atoms with van der Waals surface area (Å²) in [6.07, 6.45) is 4.19. The normalized spacial score (nSPS) is 10.7. The van der Waals surface area contributed by atoms with E-state index in [-0.39, 0.29) is 12.4 Å². The summed E-state index contributed by atoms with van der Waals surface area (Å²) in [5.74, 6) is 0.908. The number of nitrogens with zero attached hydrogens (tertiary/aromatic N) is 1. The lowest BCUT2D eigenvalue weighted by molar-refractivity contribution is 0.922. The SMILES string of the molecule is CCCc1cnc(NCc2ccc(Cl)cc2)c2[nH]c(C)c(C)c12.Cl. The van der Waals surface area contributed by atoms with Gasteiger partial charge in [-0.05, 0) is 49.1 Å². The number of pyridine rings is 1. The average Bonchev–Trinajstić information content (AvgIpc) is 2.84. The number of halogens is 2. The molecule has 0 aliphatic rings. The van der Waals surface area contributed by atoms with Crippen molar-refractivity contribution in [1.29, 1.82) is 0 Å². The van der Waals surface area contributed by atoms with Gasteiger partial charge in [0.25, 0.3) is 0 Å². The van der Waals surface area contributed by atoms with E-state index in [2.05, 4.69) is 36.1 Å². The smallest absolute Gasteiger partial charge is 0.150 e. The zero-order valence-electron chi connectivity index (χ0n) is 14.2. The molecule has 0 fully saturated rings. The summed E-state index contributed by atoms with van der Waals surface area (Å²) in [4.78, 5) is 8.14. The number of anilines is 1. The maximum absolute atomic E-state index is 5.94. The van der Waals surface area contributed by atoms with Crippen molar-refractivity contribution in [2.45, 2.75) is 40.2 Å². The highest BCUT2D eigenvalue weighted by atomic mass is 35.5. The summed E-state index contributed by atoms with van der Waals surface area (Å²) in [5, 5.41) is 5.52. The van der Waals surface area contributed by atoms with Crippen LogP contribution in [0.5, 0.6) is 0 Å². The van der Waals surface area contributed by atoms with Gasteiger partial charge in [-0.1, -0.05) is 37.1 Å². The van der Waals surface area contributed by atoms with E-state index in [1.165, 1.54) is 27.8 Å². The van der Waals surface area contributed by atoms with Crippen LogP contribution < -0.4 is 5.32 Å². The molecule has 1 aromatic carbocycles. The highest BCUT2D eigenvalue weighted by Gasteiger charge is 2.13. The molecule has 0 spiro atoms. The molecule has 0 saturated heterocycles. The number of hydrogen-bond acceptors (Lipinski definition) is 2. The lowest BCUT2D eigenvalue weighted by atomic mass is 10.0. The number of benzene rings is 1. The predicted octanol–water partition coefficient (Wildman–Crippen LogP) is 5.82. The molecule has 5 heteroatoms. The van der Waals surface area contributed by atoms with Crippen LogP contribution in [0.3, 0.4) is 0 Å². The van der Waals surface area contributed by atoms with Crippen LogP contribution in [0.25, 0.3) is 10.9 Å². The lowest BCUT2D eigenvalue weighted by Gasteiger charge is -2.10. The molecule has 0 radical (unpaired) electrons. The summed E-state index contributed by atoms with van der Waals surface area (Å²) < 4.78 is 0. The number of aryl methyl sites for hydroxylation is 3. The number of hydrogen-bond donors (Lipinski definition) is 2. The minimum atomic E-state index is 0. The topological polar surface area (TPSA) is 40.7 Å². The molecule has 0 bridgehead atoms. The fourth-order valence-corrected chi connectivity index (χ4v) is 3.08. The van der Waals surface area contributed by atoms with Gasteiger partial charge in [-0.3, -0.25) is 0 Å². The quantitative estimate of drug-likeness (QED) is 0.599. The Labute approximate surface area is 154 Å². The third-order valence-corrected chi connectivity index (χ3v) is 4.55. The van der Waals surface area contributed by atoms with E-state index in [9.17, 15) is 0 Å². The summed E-state index contributed by atoms with van der Waals surface area (Å²) in [7, 11) is 0. The molecule has 3 aromatic rings. The van der Waals surface area contributed by atoms with Crippen LogP contribution in [0.4, 0.5) is 5.82 Å². The maximum Gasteiger partial charge on any atom is 0.150 e. The molecule has 3 rings (SSSR count). The Morgan fingerprint density at radius 2 is 1.88 bits per heavy atom. The molecule has 3 nitrogen and oxygen atoms in total. The number of nitrogens with one attached hydrogen (secondary N) is 2. The average molecular weight is 364 g/mol. The second kappa shape index (κ2) is 7.91. The van der Waals surface area contributed by atoms with Crippen LogP contribution in [0.1, 0.15) is 35.7 Å². The highest BCUT2D eigenvalue weighted by Crippen LogP contribution is 2.30. The monoisotopic (exact) mass is 363 g/mol. The fourth-order valence-electron chi connectivity index (χ4n) is 2.95. The first-order chi connectivity index (χ1) is 11.1. The number of fused-ring (bicyclic) bond motifs is 1. The van der Waals surface area contributed by atoms with Crippen molar-refractivity contribution in [2.75, 3.05) is 5.32 Å². The fraction of sp³-hybridized carbons (Fsp3) is 0.316. The Kier molecular flexibility index (Phi) is 6.14.